The van der Waals surface area contributed by atoms with Crippen LogP contribution in [-0.2, 0) is 12.8 Å². The van der Waals surface area contributed by atoms with Crippen molar-refractivity contribution in [2.24, 2.45) is 0 Å². The molecule has 0 atom stereocenters. The number of alkyl halides is 3. The Morgan fingerprint density at radius 1 is 1.33 bits per heavy atom. The minimum atomic E-state index is -4.38. The van der Waals surface area contributed by atoms with Crippen LogP contribution < -0.4 is 10.5 Å². The van der Waals surface area contributed by atoms with Gasteiger partial charge in [0.15, 0.2) is 0 Å². The van der Waals surface area contributed by atoms with Crippen molar-refractivity contribution in [1.29, 1.82) is 0 Å². The third-order valence-corrected chi connectivity index (χ3v) is 2.19. The molecule has 0 aliphatic carbocycles. The number of nitrogens with zero attached hydrogens (tertiary/aromatic N) is 1. The van der Waals surface area contributed by atoms with Gasteiger partial charge in [0.25, 0.3) is 0 Å². The fourth-order valence-corrected chi connectivity index (χ4v) is 1.37. The number of H-pyrrole nitrogens is 1. The van der Waals surface area contributed by atoms with Crippen LogP contribution in [-0.4, -0.2) is 9.97 Å². The Kier molecular flexibility index (Phi) is 3.14. The van der Waals surface area contributed by atoms with Crippen LogP contribution in [0.3, 0.4) is 0 Å². The van der Waals surface area contributed by atoms with Gasteiger partial charge in [-0.1, -0.05) is 6.07 Å². The molecule has 1 aromatic heterocycles. The Balaban J connectivity index is 2.06. The number of anilines is 1. The molecule has 0 bridgehead atoms. The molecule has 0 fully saturated rings. The Bertz CT molecular complexity index is 536. The van der Waals surface area contributed by atoms with Gasteiger partial charge in [-0.05, 0) is 18.2 Å². The summed E-state index contributed by atoms with van der Waals surface area (Å²) < 4.78 is 42.5. The van der Waals surface area contributed by atoms with E-state index < -0.39 is 11.7 Å². The van der Waals surface area contributed by atoms with E-state index in [1.807, 2.05) is 0 Å². The van der Waals surface area contributed by atoms with Gasteiger partial charge >= 0.3 is 6.18 Å². The molecule has 1 aromatic carbocycles. The first kappa shape index (κ1) is 12.3. The number of benzene rings is 1. The van der Waals surface area contributed by atoms with Crippen LogP contribution in [0.25, 0.3) is 0 Å². The van der Waals surface area contributed by atoms with Crippen LogP contribution in [0.2, 0.25) is 0 Å². The molecule has 2 rings (SSSR count). The van der Waals surface area contributed by atoms with Gasteiger partial charge in [-0.25, -0.2) is 4.98 Å². The maximum absolute atomic E-state index is 12.4. The van der Waals surface area contributed by atoms with Gasteiger partial charge in [-0.2, -0.15) is 13.2 Å². The highest BCUT2D eigenvalue weighted by molar-refractivity contribution is 5.30. The van der Waals surface area contributed by atoms with Gasteiger partial charge in [0, 0.05) is 0 Å². The number of ether oxygens (including phenoxy) is 1. The number of nitrogen functional groups attached to an aromatic ring is 1. The molecule has 0 saturated heterocycles. The smallest absolute Gasteiger partial charge is 0.416 e. The molecule has 0 amide bonds. The first-order valence-corrected chi connectivity index (χ1v) is 5.04. The molecule has 0 aliphatic heterocycles. The van der Waals surface area contributed by atoms with E-state index in [1.54, 1.807) is 0 Å². The molecule has 96 valence electrons. The normalized spacial score (nSPS) is 11.5. The Morgan fingerprint density at radius 2 is 2.11 bits per heavy atom. The average Bonchev–Trinajstić information content (AvgIpc) is 2.72. The van der Waals surface area contributed by atoms with Crippen molar-refractivity contribution in [2.45, 2.75) is 12.8 Å². The van der Waals surface area contributed by atoms with Crippen molar-refractivity contribution < 1.29 is 17.9 Å². The van der Waals surface area contributed by atoms with Crippen LogP contribution in [0.15, 0.2) is 30.5 Å². The second-order valence-corrected chi connectivity index (χ2v) is 3.60. The van der Waals surface area contributed by atoms with E-state index in [0.717, 1.165) is 12.1 Å². The quantitative estimate of drug-likeness (QED) is 0.888. The zero-order valence-corrected chi connectivity index (χ0v) is 9.16. The fraction of sp³-hybridized carbons (Fsp3) is 0.182. The maximum Gasteiger partial charge on any atom is 0.416 e. The standard InChI is InChI=1S/C11H10F3N3O/c12-11(13,14)7-2-1-3-8(4-7)18-6-10-16-5-9(15)17-10/h1-5H,6,15H2,(H,16,17). The van der Waals surface area contributed by atoms with Gasteiger partial charge in [0.05, 0.1) is 11.8 Å². The number of aromatic amines is 1. The zero-order valence-electron chi connectivity index (χ0n) is 9.16. The lowest BCUT2D eigenvalue weighted by atomic mass is 10.2. The van der Waals surface area contributed by atoms with E-state index in [2.05, 4.69) is 9.97 Å². The molecule has 2 aromatic rings. The lowest BCUT2D eigenvalue weighted by molar-refractivity contribution is -0.137. The Hall–Kier alpha value is -2.18. The number of imidazole rings is 1. The van der Waals surface area contributed by atoms with Gasteiger partial charge in [0.1, 0.15) is 24.0 Å². The summed E-state index contributed by atoms with van der Waals surface area (Å²) in [6, 6.07) is 4.65. The lowest BCUT2D eigenvalue weighted by Gasteiger charge is -2.09. The molecule has 3 N–H and O–H groups in total. The topological polar surface area (TPSA) is 63.9 Å². The average molecular weight is 257 g/mol. The van der Waals surface area contributed by atoms with Crippen LogP contribution in [0.4, 0.5) is 19.0 Å². The Labute approximate surface area is 101 Å². The SMILES string of the molecule is Nc1cnc(COc2cccc(C(F)(F)F)c2)[nH]1. The molecule has 0 radical (unpaired) electrons. The number of nitrogens with one attached hydrogen (secondary N) is 1. The summed E-state index contributed by atoms with van der Waals surface area (Å²) in [5, 5.41) is 0. The van der Waals surface area contributed by atoms with Gasteiger partial charge in [-0.3, -0.25) is 0 Å². The third-order valence-electron chi connectivity index (χ3n) is 2.19. The van der Waals surface area contributed by atoms with Gasteiger partial charge < -0.3 is 15.5 Å². The summed E-state index contributed by atoms with van der Waals surface area (Å²) >= 11 is 0. The molecular weight excluding hydrogens is 247 g/mol. The van der Waals surface area contributed by atoms with Gasteiger partial charge in [-0.15, -0.1) is 0 Å². The van der Waals surface area contributed by atoms with Crippen molar-refractivity contribution in [2.75, 3.05) is 5.73 Å². The van der Waals surface area contributed by atoms with Crippen molar-refractivity contribution in [1.82, 2.24) is 9.97 Å². The molecule has 7 heteroatoms. The van der Waals surface area contributed by atoms with Crippen molar-refractivity contribution in [3.8, 4) is 5.75 Å². The largest absolute Gasteiger partial charge is 0.486 e. The van der Waals surface area contributed by atoms with Crippen molar-refractivity contribution in [3.63, 3.8) is 0 Å². The van der Waals surface area contributed by atoms with Crippen LogP contribution in [0, 0.1) is 0 Å². The summed E-state index contributed by atoms with van der Waals surface area (Å²) in [4.78, 5) is 6.58. The Morgan fingerprint density at radius 3 is 2.72 bits per heavy atom. The highest BCUT2D eigenvalue weighted by atomic mass is 19.4. The molecule has 18 heavy (non-hydrogen) atoms. The second-order valence-electron chi connectivity index (χ2n) is 3.60. The van der Waals surface area contributed by atoms with E-state index in [0.29, 0.717) is 11.6 Å². The lowest BCUT2D eigenvalue weighted by Crippen LogP contribution is -2.05. The third kappa shape index (κ3) is 2.93. The minimum Gasteiger partial charge on any atom is -0.486 e. The highest BCUT2D eigenvalue weighted by Gasteiger charge is 2.30. The summed E-state index contributed by atoms with van der Waals surface area (Å²) in [6.07, 6.45) is -2.97. The molecule has 0 saturated carbocycles. The molecule has 4 nitrogen and oxygen atoms in total. The molecule has 0 unspecified atom stereocenters. The highest BCUT2D eigenvalue weighted by Crippen LogP contribution is 2.31. The molecule has 0 aliphatic rings. The molecular formula is C11H10F3N3O. The number of hydrogen-bond acceptors (Lipinski definition) is 3. The predicted octanol–water partition coefficient (Wildman–Crippen LogP) is 2.59. The van der Waals surface area contributed by atoms with E-state index >= 15 is 0 Å². The summed E-state index contributed by atoms with van der Waals surface area (Å²) in [5.74, 6) is 0.947. The first-order valence-electron chi connectivity index (χ1n) is 5.04. The number of rotatable bonds is 3. The van der Waals surface area contributed by atoms with Crippen LogP contribution >= 0.6 is 0 Å². The summed E-state index contributed by atoms with van der Waals surface area (Å²) in [5.41, 5.74) is 4.66. The van der Waals surface area contributed by atoms with Crippen molar-refractivity contribution in [3.05, 3.63) is 41.9 Å². The monoisotopic (exact) mass is 257 g/mol. The summed E-state index contributed by atoms with van der Waals surface area (Å²) in [6.45, 7) is 0.0263. The minimum absolute atomic E-state index is 0.0263. The summed E-state index contributed by atoms with van der Waals surface area (Å²) in [7, 11) is 0. The van der Waals surface area contributed by atoms with Crippen molar-refractivity contribution >= 4 is 5.82 Å². The van der Waals surface area contributed by atoms with E-state index in [4.69, 9.17) is 10.5 Å². The number of halogens is 3. The van der Waals surface area contributed by atoms with Crippen LogP contribution in [0.1, 0.15) is 11.4 Å². The second kappa shape index (κ2) is 4.59. The fourth-order valence-electron chi connectivity index (χ4n) is 1.37. The molecule has 0 spiro atoms. The maximum atomic E-state index is 12.4. The molecule has 1 heterocycles. The predicted molar refractivity (Wildman–Crippen MR) is 58.8 cm³/mol. The van der Waals surface area contributed by atoms with E-state index in [1.165, 1.54) is 18.3 Å². The van der Waals surface area contributed by atoms with Crippen LogP contribution in [0.5, 0.6) is 5.75 Å². The number of nitrogens with two attached hydrogens (primary N) is 1. The number of aromatic nitrogens is 2. The van der Waals surface area contributed by atoms with Gasteiger partial charge in [0.2, 0.25) is 0 Å². The number of hydrogen-bond donors (Lipinski definition) is 2. The van der Waals surface area contributed by atoms with E-state index in [-0.39, 0.29) is 12.4 Å². The van der Waals surface area contributed by atoms with E-state index in [9.17, 15) is 13.2 Å². The first-order chi connectivity index (χ1) is 8.45. The zero-order chi connectivity index (χ0) is 13.2.